The van der Waals surface area contributed by atoms with Gasteiger partial charge in [-0.15, -0.1) is 24.0 Å². The number of nitrogens with one attached hydrogen (secondary N) is 2. The van der Waals surface area contributed by atoms with Crippen molar-refractivity contribution in [2.45, 2.75) is 25.9 Å². The average molecular weight is 469 g/mol. The second-order valence-electron chi connectivity index (χ2n) is 6.30. The van der Waals surface area contributed by atoms with Crippen molar-refractivity contribution in [3.8, 4) is 0 Å². The third kappa shape index (κ3) is 5.30. The Morgan fingerprint density at radius 1 is 1.35 bits per heavy atom. The number of halogens is 2. The summed E-state index contributed by atoms with van der Waals surface area (Å²) in [6.45, 7) is 4.28. The number of pyridine rings is 1. The summed E-state index contributed by atoms with van der Waals surface area (Å²) in [5.41, 5.74) is 2.46. The predicted molar refractivity (Wildman–Crippen MR) is 115 cm³/mol. The van der Waals surface area contributed by atoms with Crippen molar-refractivity contribution in [3.05, 3.63) is 59.5 Å². The van der Waals surface area contributed by atoms with E-state index in [4.69, 9.17) is 0 Å². The van der Waals surface area contributed by atoms with Gasteiger partial charge in [-0.3, -0.25) is 4.99 Å². The van der Waals surface area contributed by atoms with Crippen LogP contribution < -0.4 is 15.5 Å². The Hall–Kier alpha value is -1.90. The first-order valence-corrected chi connectivity index (χ1v) is 8.54. The molecule has 5 nitrogen and oxygen atoms in total. The summed E-state index contributed by atoms with van der Waals surface area (Å²) in [5, 5.41) is 6.75. The highest BCUT2D eigenvalue weighted by Gasteiger charge is 2.25. The second-order valence-corrected chi connectivity index (χ2v) is 6.30. The van der Waals surface area contributed by atoms with E-state index in [1.165, 1.54) is 17.2 Å². The monoisotopic (exact) mass is 469 g/mol. The molecule has 1 atom stereocenters. The van der Waals surface area contributed by atoms with Gasteiger partial charge in [-0.1, -0.05) is 29.8 Å². The zero-order valence-electron chi connectivity index (χ0n) is 15.1. The molecule has 0 bridgehead atoms. The number of nitrogens with zero attached hydrogens (tertiary/aromatic N) is 3. The van der Waals surface area contributed by atoms with Crippen LogP contribution in [0.5, 0.6) is 0 Å². The van der Waals surface area contributed by atoms with Gasteiger partial charge in [0.25, 0.3) is 0 Å². The molecule has 2 heterocycles. The maximum Gasteiger partial charge on any atom is 0.191 e. The van der Waals surface area contributed by atoms with Crippen LogP contribution in [-0.4, -0.2) is 37.1 Å². The van der Waals surface area contributed by atoms with Gasteiger partial charge in [0.15, 0.2) is 17.6 Å². The van der Waals surface area contributed by atoms with Crippen LogP contribution in [0.25, 0.3) is 0 Å². The molecule has 140 valence electrons. The van der Waals surface area contributed by atoms with Crippen LogP contribution in [0.15, 0.2) is 47.6 Å². The molecule has 0 aliphatic carbocycles. The number of guanidine groups is 1. The molecule has 1 aliphatic heterocycles. The molecule has 0 spiro atoms. The summed E-state index contributed by atoms with van der Waals surface area (Å²) >= 11 is 0. The van der Waals surface area contributed by atoms with Gasteiger partial charge in [0.05, 0.1) is 0 Å². The lowest BCUT2D eigenvalue weighted by Gasteiger charge is -2.20. The van der Waals surface area contributed by atoms with E-state index in [0.29, 0.717) is 18.9 Å². The molecule has 2 aromatic rings. The number of hydrogen-bond acceptors (Lipinski definition) is 3. The van der Waals surface area contributed by atoms with E-state index >= 15 is 0 Å². The van der Waals surface area contributed by atoms with Gasteiger partial charge < -0.3 is 15.5 Å². The van der Waals surface area contributed by atoms with E-state index in [-0.39, 0.29) is 35.8 Å². The number of benzene rings is 1. The Balaban J connectivity index is 0.00000243. The molecular weight excluding hydrogens is 444 g/mol. The lowest BCUT2D eigenvalue weighted by atomic mass is 10.1. The van der Waals surface area contributed by atoms with Gasteiger partial charge in [0.1, 0.15) is 0 Å². The Morgan fingerprint density at radius 2 is 2.19 bits per heavy atom. The Morgan fingerprint density at radius 3 is 2.92 bits per heavy atom. The van der Waals surface area contributed by atoms with Crippen LogP contribution in [0.2, 0.25) is 0 Å². The van der Waals surface area contributed by atoms with Crippen molar-refractivity contribution < 1.29 is 4.39 Å². The Bertz CT molecular complexity index is 752. The van der Waals surface area contributed by atoms with E-state index in [2.05, 4.69) is 51.8 Å². The van der Waals surface area contributed by atoms with Crippen molar-refractivity contribution in [2.24, 2.45) is 4.99 Å². The van der Waals surface area contributed by atoms with Crippen LogP contribution in [0.3, 0.4) is 0 Å². The Kier molecular flexibility index (Phi) is 7.62. The van der Waals surface area contributed by atoms with Crippen LogP contribution in [-0.2, 0) is 6.54 Å². The molecule has 3 rings (SSSR count). The molecule has 1 saturated heterocycles. The first kappa shape index (κ1) is 20.4. The summed E-state index contributed by atoms with van der Waals surface area (Å²) in [7, 11) is 1.76. The third-order valence-corrected chi connectivity index (χ3v) is 4.33. The van der Waals surface area contributed by atoms with Gasteiger partial charge in [0, 0.05) is 38.9 Å². The lowest BCUT2D eigenvalue weighted by molar-refractivity contribution is 0.612. The first-order valence-electron chi connectivity index (χ1n) is 8.54. The van der Waals surface area contributed by atoms with E-state index < -0.39 is 0 Å². The molecule has 7 heteroatoms. The molecule has 1 aliphatic rings. The number of aryl methyl sites for hydroxylation is 1. The first-order chi connectivity index (χ1) is 12.2. The maximum absolute atomic E-state index is 13.9. The van der Waals surface area contributed by atoms with E-state index in [1.54, 1.807) is 19.3 Å². The highest BCUT2D eigenvalue weighted by Crippen LogP contribution is 2.20. The molecule has 0 saturated carbocycles. The van der Waals surface area contributed by atoms with Crippen LogP contribution in [0.1, 0.15) is 17.5 Å². The van der Waals surface area contributed by atoms with Crippen molar-refractivity contribution in [2.75, 3.05) is 25.0 Å². The highest BCUT2D eigenvalue weighted by molar-refractivity contribution is 14.0. The van der Waals surface area contributed by atoms with E-state index in [0.717, 1.165) is 18.9 Å². The van der Waals surface area contributed by atoms with E-state index in [1.807, 2.05) is 4.90 Å². The molecule has 0 amide bonds. The predicted octanol–water partition coefficient (Wildman–Crippen LogP) is 3.09. The Labute approximate surface area is 171 Å². The van der Waals surface area contributed by atoms with Crippen LogP contribution >= 0.6 is 24.0 Å². The summed E-state index contributed by atoms with van der Waals surface area (Å²) in [4.78, 5) is 10.4. The number of hydrogen-bond donors (Lipinski definition) is 2. The summed E-state index contributed by atoms with van der Waals surface area (Å²) in [6.07, 6.45) is 2.54. The minimum atomic E-state index is -0.273. The fourth-order valence-electron chi connectivity index (χ4n) is 3.08. The van der Waals surface area contributed by atoms with Crippen LogP contribution in [0.4, 0.5) is 10.2 Å². The molecule has 1 unspecified atom stereocenters. The topological polar surface area (TPSA) is 52.6 Å². The fraction of sp³-hybridized carbons (Fsp3) is 0.368. The van der Waals surface area contributed by atoms with Crippen molar-refractivity contribution in [1.29, 1.82) is 0 Å². The normalized spacial score (nSPS) is 17.0. The standard InChI is InChI=1S/C19H24FN5.HI/c1-14-5-3-6-15(11-14)12-23-19(21-2)24-16-8-10-25(13-16)18-17(20)7-4-9-22-18;/h3-7,9,11,16H,8,10,12-13H2,1-2H3,(H2,21,23,24);1H. The smallest absolute Gasteiger partial charge is 0.191 e. The SMILES string of the molecule is CN=C(NCc1cccc(C)c1)NC1CCN(c2ncccc2F)C1.I. The fourth-order valence-corrected chi connectivity index (χ4v) is 3.08. The summed E-state index contributed by atoms with van der Waals surface area (Å²) in [5.74, 6) is 0.912. The minimum Gasteiger partial charge on any atom is -0.352 e. The minimum absolute atomic E-state index is 0. The molecule has 26 heavy (non-hydrogen) atoms. The van der Waals surface area contributed by atoms with Crippen molar-refractivity contribution in [3.63, 3.8) is 0 Å². The number of aliphatic imine (C=N–C) groups is 1. The van der Waals surface area contributed by atoms with E-state index in [9.17, 15) is 4.39 Å². The molecular formula is C19H25FIN5. The number of rotatable bonds is 4. The molecule has 1 fully saturated rings. The van der Waals surface area contributed by atoms with Gasteiger partial charge in [0.2, 0.25) is 0 Å². The molecule has 2 N–H and O–H groups in total. The maximum atomic E-state index is 13.9. The second kappa shape index (κ2) is 9.70. The van der Waals surface area contributed by atoms with Gasteiger partial charge in [-0.05, 0) is 31.0 Å². The summed E-state index contributed by atoms with van der Waals surface area (Å²) in [6, 6.07) is 11.7. The van der Waals surface area contributed by atoms with Gasteiger partial charge in [-0.2, -0.15) is 0 Å². The van der Waals surface area contributed by atoms with Crippen LogP contribution in [0, 0.1) is 12.7 Å². The zero-order chi connectivity index (χ0) is 17.6. The number of anilines is 1. The van der Waals surface area contributed by atoms with Gasteiger partial charge >= 0.3 is 0 Å². The third-order valence-electron chi connectivity index (χ3n) is 4.33. The molecule has 0 radical (unpaired) electrons. The summed E-state index contributed by atoms with van der Waals surface area (Å²) < 4.78 is 13.9. The lowest BCUT2D eigenvalue weighted by Crippen LogP contribution is -2.44. The zero-order valence-corrected chi connectivity index (χ0v) is 17.4. The highest BCUT2D eigenvalue weighted by atomic mass is 127. The number of aromatic nitrogens is 1. The molecule has 1 aromatic heterocycles. The quantitative estimate of drug-likeness (QED) is 0.411. The largest absolute Gasteiger partial charge is 0.352 e. The van der Waals surface area contributed by atoms with Gasteiger partial charge in [-0.25, -0.2) is 9.37 Å². The molecule has 1 aromatic carbocycles. The van der Waals surface area contributed by atoms with Crippen molar-refractivity contribution in [1.82, 2.24) is 15.6 Å². The van der Waals surface area contributed by atoms with Crippen molar-refractivity contribution >= 4 is 35.8 Å². The average Bonchev–Trinajstić information content (AvgIpc) is 3.07.